The topological polar surface area (TPSA) is 29.5 Å². The summed E-state index contributed by atoms with van der Waals surface area (Å²) in [6.07, 6.45) is 0.343. The molecule has 0 bridgehead atoms. The molecule has 2 nitrogen and oxygen atoms in total. The summed E-state index contributed by atoms with van der Waals surface area (Å²) in [4.78, 5) is 0. The van der Waals surface area contributed by atoms with Gasteiger partial charge in [0.05, 0.1) is 6.10 Å². The van der Waals surface area contributed by atoms with E-state index in [1.165, 1.54) is 5.56 Å². The molecular formula is C17H20O2. The Labute approximate surface area is 114 Å². The zero-order valence-corrected chi connectivity index (χ0v) is 11.5. The van der Waals surface area contributed by atoms with Crippen molar-refractivity contribution in [2.75, 3.05) is 0 Å². The Hall–Kier alpha value is -1.80. The van der Waals surface area contributed by atoms with Gasteiger partial charge in [-0.3, -0.25) is 0 Å². The minimum Gasteiger partial charge on any atom is -0.489 e. The van der Waals surface area contributed by atoms with Crippen LogP contribution in [-0.2, 0) is 6.61 Å². The largest absolute Gasteiger partial charge is 0.489 e. The third-order valence-corrected chi connectivity index (χ3v) is 3.18. The quantitative estimate of drug-likeness (QED) is 0.875. The predicted molar refractivity (Wildman–Crippen MR) is 77.2 cm³/mol. The predicted octanol–water partition coefficient (Wildman–Crippen LogP) is 4.02. The number of aliphatic hydroxyl groups excluding tert-OH is 1. The summed E-state index contributed by atoms with van der Waals surface area (Å²) in [5.74, 6) is 0.827. The molecule has 0 aliphatic carbocycles. The standard InChI is InChI=1S/C17H20O2/c1-3-17(18)15-8-10-16(11-9-15)19-12-14-6-4-13(2)5-7-14/h4-11,17-18H,3,12H2,1-2H3. The van der Waals surface area contributed by atoms with Crippen LogP contribution in [0, 0.1) is 6.92 Å². The Bertz CT molecular complexity index is 500. The third-order valence-electron chi connectivity index (χ3n) is 3.18. The van der Waals surface area contributed by atoms with E-state index in [2.05, 4.69) is 31.2 Å². The van der Waals surface area contributed by atoms with Gasteiger partial charge in [-0.05, 0) is 36.6 Å². The average molecular weight is 256 g/mol. The van der Waals surface area contributed by atoms with E-state index in [0.717, 1.165) is 23.3 Å². The maximum atomic E-state index is 9.71. The van der Waals surface area contributed by atoms with Crippen molar-refractivity contribution >= 4 is 0 Å². The molecular weight excluding hydrogens is 236 g/mol. The highest BCUT2D eigenvalue weighted by Gasteiger charge is 2.04. The molecule has 1 unspecified atom stereocenters. The Balaban J connectivity index is 1.94. The summed E-state index contributed by atoms with van der Waals surface area (Å²) < 4.78 is 5.72. The van der Waals surface area contributed by atoms with E-state index in [-0.39, 0.29) is 6.10 Å². The second-order valence-electron chi connectivity index (χ2n) is 4.77. The van der Waals surface area contributed by atoms with Gasteiger partial charge in [0.25, 0.3) is 0 Å². The van der Waals surface area contributed by atoms with Crippen LogP contribution in [0.1, 0.15) is 36.1 Å². The molecule has 0 spiro atoms. The zero-order valence-electron chi connectivity index (χ0n) is 11.5. The van der Waals surface area contributed by atoms with Gasteiger partial charge < -0.3 is 9.84 Å². The van der Waals surface area contributed by atoms with E-state index in [0.29, 0.717) is 6.61 Å². The van der Waals surface area contributed by atoms with Crippen LogP contribution in [-0.4, -0.2) is 5.11 Å². The lowest BCUT2D eigenvalue weighted by Crippen LogP contribution is -1.97. The highest BCUT2D eigenvalue weighted by atomic mass is 16.5. The number of ether oxygens (including phenoxy) is 1. The summed E-state index contributed by atoms with van der Waals surface area (Å²) in [6, 6.07) is 16.0. The summed E-state index contributed by atoms with van der Waals surface area (Å²) in [5.41, 5.74) is 3.34. The van der Waals surface area contributed by atoms with E-state index in [4.69, 9.17) is 4.74 Å². The van der Waals surface area contributed by atoms with E-state index in [1.807, 2.05) is 31.2 Å². The van der Waals surface area contributed by atoms with Crippen molar-refractivity contribution in [2.45, 2.75) is 33.0 Å². The van der Waals surface area contributed by atoms with Gasteiger partial charge in [-0.1, -0.05) is 48.9 Å². The zero-order chi connectivity index (χ0) is 13.7. The lowest BCUT2D eigenvalue weighted by atomic mass is 10.1. The first kappa shape index (κ1) is 13.6. The van der Waals surface area contributed by atoms with Crippen molar-refractivity contribution in [2.24, 2.45) is 0 Å². The van der Waals surface area contributed by atoms with Crippen molar-refractivity contribution in [1.29, 1.82) is 0 Å². The smallest absolute Gasteiger partial charge is 0.119 e. The molecule has 100 valence electrons. The van der Waals surface area contributed by atoms with Gasteiger partial charge in [0, 0.05) is 0 Å². The first-order chi connectivity index (χ1) is 9.19. The van der Waals surface area contributed by atoms with Gasteiger partial charge >= 0.3 is 0 Å². The maximum absolute atomic E-state index is 9.71. The Morgan fingerprint density at radius 3 is 2.21 bits per heavy atom. The Morgan fingerprint density at radius 1 is 1.00 bits per heavy atom. The van der Waals surface area contributed by atoms with E-state index in [9.17, 15) is 5.11 Å². The van der Waals surface area contributed by atoms with Gasteiger partial charge in [0.15, 0.2) is 0 Å². The van der Waals surface area contributed by atoms with Crippen LogP contribution in [0.25, 0.3) is 0 Å². The molecule has 2 aromatic rings. The summed E-state index contributed by atoms with van der Waals surface area (Å²) in [6.45, 7) is 4.60. The minimum absolute atomic E-state index is 0.383. The second kappa shape index (κ2) is 6.39. The molecule has 0 radical (unpaired) electrons. The molecule has 0 aliphatic rings. The molecule has 0 heterocycles. The molecule has 1 atom stereocenters. The lowest BCUT2D eigenvalue weighted by molar-refractivity contribution is 0.173. The number of aliphatic hydroxyl groups is 1. The monoisotopic (exact) mass is 256 g/mol. The fourth-order valence-electron chi connectivity index (χ4n) is 1.87. The normalized spacial score (nSPS) is 12.2. The van der Waals surface area contributed by atoms with Gasteiger partial charge in [0.2, 0.25) is 0 Å². The number of hydrogen-bond donors (Lipinski definition) is 1. The van der Waals surface area contributed by atoms with Gasteiger partial charge in [-0.15, -0.1) is 0 Å². The Morgan fingerprint density at radius 2 is 1.63 bits per heavy atom. The molecule has 2 heteroatoms. The minimum atomic E-state index is -0.383. The van der Waals surface area contributed by atoms with Gasteiger partial charge in [-0.25, -0.2) is 0 Å². The lowest BCUT2D eigenvalue weighted by Gasteiger charge is -2.10. The van der Waals surface area contributed by atoms with Crippen LogP contribution in [0.5, 0.6) is 5.75 Å². The second-order valence-corrected chi connectivity index (χ2v) is 4.77. The fraction of sp³-hybridized carbons (Fsp3) is 0.294. The highest BCUT2D eigenvalue weighted by molar-refractivity contribution is 5.29. The molecule has 0 saturated heterocycles. The molecule has 0 fully saturated rings. The van der Waals surface area contributed by atoms with Crippen molar-refractivity contribution in [3.05, 3.63) is 65.2 Å². The highest BCUT2D eigenvalue weighted by Crippen LogP contribution is 2.20. The van der Waals surface area contributed by atoms with Crippen molar-refractivity contribution in [1.82, 2.24) is 0 Å². The van der Waals surface area contributed by atoms with Crippen LogP contribution >= 0.6 is 0 Å². The summed E-state index contributed by atoms with van der Waals surface area (Å²) in [5, 5.41) is 9.71. The van der Waals surface area contributed by atoms with Gasteiger partial charge in [0.1, 0.15) is 12.4 Å². The SMILES string of the molecule is CCC(O)c1ccc(OCc2ccc(C)cc2)cc1. The van der Waals surface area contributed by atoms with Crippen LogP contribution in [0.15, 0.2) is 48.5 Å². The molecule has 0 amide bonds. The first-order valence-electron chi connectivity index (χ1n) is 6.65. The van der Waals surface area contributed by atoms with Gasteiger partial charge in [-0.2, -0.15) is 0 Å². The average Bonchev–Trinajstić information content (AvgIpc) is 2.46. The Kier molecular flexibility index (Phi) is 4.58. The van der Waals surface area contributed by atoms with Crippen LogP contribution in [0.2, 0.25) is 0 Å². The molecule has 1 N–H and O–H groups in total. The van der Waals surface area contributed by atoms with Crippen LogP contribution in [0.3, 0.4) is 0 Å². The van der Waals surface area contributed by atoms with Crippen molar-refractivity contribution < 1.29 is 9.84 Å². The van der Waals surface area contributed by atoms with Crippen LogP contribution in [0.4, 0.5) is 0 Å². The third kappa shape index (κ3) is 3.83. The number of aryl methyl sites for hydroxylation is 1. The van der Waals surface area contributed by atoms with E-state index in [1.54, 1.807) is 0 Å². The molecule has 2 aromatic carbocycles. The molecule has 0 aromatic heterocycles. The molecule has 19 heavy (non-hydrogen) atoms. The molecule has 2 rings (SSSR count). The summed E-state index contributed by atoms with van der Waals surface area (Å²) in [7, 11) is 0. The number of hydrogen-bond acceptors (Lipinski definition) is 2. The van der Waals surface area contributed by atoms with Crippen LogP contribution < -0.4 is 4.74 Å². The number of rotatable bonds is 5. The first-order valence-corrected chi connectivity index (χ1v) is 6.65. The molecule has 0 saturated carbocycles. The van der Waals surface area contributed by atoms with Crippen molar-refractivity contribution in [3.8, 4) is 5.75 Å². The van der Waals surface area contributed by atoms with Crippen molar-refractivity contribution in [3.63, 3.8) is 0 Å². The van der Waals surface area contributed by atoms with E-state index < -0.39 is 0 Å². The summed E-state index contributed by atoms with van der Waals surface area (Å²) >= 11 is 0. The fourth-order valence-corrected chi connectivity index (χ4v) is 1.87. The van der Waals surface area contributed by atoms with E-state index >= 15 is 0 Å². The number of benzene rings is 2. The molecule has 0 aliphatic heterocycles. The maximum Gasteiger partial charge on any atom is 0.119 e.